The van der Waals surface area contributed by atoms with Crippen molar-refractivity contribution in [2.75, 3.05) is 5.32 Å². The van der Waals surface area contributed by atoms with Gasteiger partial charge in [0.25, 0.3) is 0 Å². The van der Waals surface area contributed by atoms with Gasteiger partial charge in [-0.3, -0.25) is 4.98 Å². The van der Waals surface area contributed by atoms with Gasteiger partial charge in [0.15, 0.2) is 0 Å². The molecule has 3 nitrogen and oxygen atoms in total. The summed E-state index contributed by atoms with van der Waals surface area (Å²) in [5, 5.41) is 6.01. The summed E-state index contributed by atoms with van der Waals surface area (Å²) in [6, 6.07) is 22.0. The Kier molecular flexibility index (Phi) is 5.80. The summed E-state index contributed by atoms with van der Waals surface area (Å²) < 4.78 is 0. The Balaban J connectivity index is 0.00000272. The first-order valence-corrected chi connectivity index (χ1v) is 10.6. The van der Waals surface area contributed by atoms with Crippen molar-refractivity contribution in [1.29, 1.82) is 0 Å². The molecule has 3 heteroatoms. The highest BCUT2D eigenvalue weighted by Crippen LogP contribution is 2.20. The van der Waals surface area contributed by atoms with E-state index in [-0.39, 0.29) is 1.43 Å². The van der Waals surface area contributed by atoms with Gasteiger partial charge in [-0.1, -0.05) is 30.3 Å². The Hall–Kier alpha value is -3.20. The molecule has 30 heavy (non-hydrogen) atoms. The first kappa shape index (κ1) is 20.1. The van der Waals surface area contributed by atoms with Gasteiger partial charge in [-0.15, -0.1) is 0 Å². The van der Waals surface area contributed by atoms with E-state index in [1.54, 1.807) is 0 Å². The quantitative estimate of drug-likeness (QED) is 0.403. The van der Waals surface area contributed by atoms with Crippen LogP contribution in [0.3, 0.4) is 0 Å². The number of pyridine rings is 2. The molecule has 4 rings (SSSR count). The second-order valence-corrected chi connectivity index (χ2v) is 8.32. The van der Waals surface area contributed by atoms with Crippen LogP contribution in [0, 0.1) is 27.7 Å². The molecule has 0 saturated carbocycles. The topological polar surface area (TPSA) is 37.8 Å². The molecule has 154 valence electrons. The van der Waals surface area contributed by atoms with Crippen molar-refractivity contribution >= 4 is 16.6 Å². The maximum absolute atomic E-state index is 4.67. The second-order valence-electron chi connectivity index (χ2n) is 8.32. The van der Waals surface area contributed by atoms with E-state index in [0.29, 0.717) is 0 Å². The van der Waals surface area contributed by atoms with Gasteiger partial charge in [0.2, 0.25) is 0 Å². The molecule has 0 unspecified atom stereocenters. The van der Waals surface area contributed by atoms with E-state index in [9.17, 15) is 0 Å². The van der Waals surface area contributed by atoms with Gasteiger partial charge in [-0.25, -0.2) is 4.98 Å². The molecular formula is C27H31N3. The molecular weight excluding hydrogens is 366 g/mol. The molecule has 0 spiro atoms. The van der Waals surface area contributed by atoms with E-state index in [0.717, 1.165) is 36.6 Å². The summed E-state index contributed by atoms with van der Waals surface area (Å²) >= 11 is 0. The molecule has 0 atom stereocenters. The van der Waals surface area contributed by atoms with Gasteiger partial charge < -0.3 is 5.32 Å². The number of nitrogens with zero attached hydrogens (tertiary/aromatic N) is 2. The summed E-state index contributed by atoms with van der Waals surface area (Å²) in [6.07, 6.45) is 1.98. The van der Waals surface area contributed by atoms with E-state index in [1.165, 1.54) is 38.7 Å². The fraction of sp³-hybridized carbons (Fsp3) is 0.259. The van der Waals surface area contributed by atoms with Gasteiger partial charge in [-0.2, -0.15) is 0 Å². The van der Waals surface area contributed by atoms with Crippen molar-refractivity contribution in [3.8, 4) is 0 Å². The van der Waals surface area contributed by atoms with Crippen molar-refractivity contribution in [1.82, 2.24) is 9.97 Å². The molecule has 0 aliphatic heterocycles. The van der Waals surface area contributed by atoms with Gasteiger partial charge >= 0.3 is 0 Å². The number of rotatable bonds is 6. The number of benzene rings is 2. The summed E-state index contributed by atoms with van der Waals surface area (Å²) in [7, 11) is 0. The van der Waals surface area contributed by atoms with Gasteiger partial charge in [-0.05, 0) is 104 Å². The standard InChI is InChI=1S/C27H29N3.H2/c1-18-11-20(3)29-26(13-18)10-7-22-5-8-25-16-23(6-9-24(25)15-22)17-28-27-14-19(2)12-21(4)30-27;/h5-6,8-9,11-16H,7,10,17H2,1-4H3,(H,28,30);1H. The monoisotopic (exact) mass is 397 g/mol. The molecule has 0 aliphatic carbocycles. The van der Waals surface area contributed by atoms with Crippen LogP contribution in [0.5, 0.6) is 0 Å². The molecule has 0 amide bonds. The highest BCUT2D eigenvalue weighted by Gasteiger charge is 2.03. The van der Waals surface area contributed by atoms with E-state index in [4.69, 9.17) is 0 Å². The lowest BCUT2D eigenvalue weighted by Crippen LogP contribution is -2.02. The van der Waals surface area contributed by atoms with E-state index < -0.39 is 0 Å². The smallest absolute Gasteiger partial charge is 0.126 e. The first-order valence-electron chi connectivity index (χ1n) is 10.6. The summed E-state index contributed by atoms with van der Waals surface area (Å²) in [5.74, 6) is 0.933. The first-order chi connectivity index (χ1) is 14.4. The number of fused-ring (bicyclic) bond motifs is 1. The third kappa shape index (κ3) is 5.04. The molecule has 0 fully saturated rings. The van der Waals surface area contributed by atoms with Gasteiger partial charge in [0, 0.05) is 25.1 Å². The number of aromatic nitrogens is 2. The van der Waals surface area contributed by atoms with Crippen molar-refractivity contribution in [2.24, 2.45) is 0 Å². The largest absolute Gasteiger partial charge is 0.366 e. The van der Waals surface area contributed by atoms with Crippen molar-refractivity contribution in [2.45, 2.75) is 47.1 Å². The predicted octanol–water partition coefficient (Wildman–Crippen LogP) is 6.51. The van der Waals surface area contributed by atoms with Crippen LogP contribution in [-0.2, 0) is 19.4 Å². The summed E-state index contributed by atoms with van der Waals surface area (Å²) in [5.41, 5.74) is 8.44. The number of nitrogens with one attached hydrogen (secondary N) is 1. The highest BCUT2D eigenvalue weighted by atomic mass is 15.0. The zero-order chi connectivity index (χ0) is 21.1. The lowest BCUT2D eigenvalue weighted by Gasteiger charge is -2.10. The third-order valence-electron chi connectivity index (χ3n) is 5.36. The maximum atomic E-state index is 4.67. The van der Waals surface area contributed by atoms with Crippen molar-refractivity contribution in [3.05, 3.63) is 100.0 Å². The molecule has 0 aliphatic rings. The number of hydrogen-bond acceptors (Lipinski definition) is 3. The van der Waals surface area contributed by atoms with Crippen LogP contribution >= 0.6 is 0 Å². The fourth-order valence-corrected chi connectivity index (χ4v) is 4.06. The fourth-order valence-electron chi connectivity index (χ4n) is 4.06. The minimum atomic E-state index is 0. The second kappa shape index (κ2) is 8.66. The number of aryl methyl sites for hydroxylation is 6. The molecule has 2 heterocycles. The average molecular weight is 398 g/mol. The Bertz CT molecular complexity index is 1070. The summed E-state index contributed by atoms with van der Waals surface area (Å²) in [6.45, 7) is 9.10. The van der Waals surface area contributed by atoms with Crippen LogP contribution in [0.2, 0.25) is 0 Å². The zero-order valence-electron chi connectivity index (χ0n) is 18.3. The van der Waals surface area contributed by atoms with E-state index in [2.05, 4.69) is 96.7 Å². The van der Waals surface area contributed by atoms with Crippen LogP contribution in [0.15, 0.2) is 60.7 Å². The number of hydrogen-bond donors (Lipinski definition) is 1. The molecule has 1 N–H and O–H groups in total. The molecule has 4 aromatic rings. The molecule has 0 radical (unpaired) electrons. The normalized spacial score (nSPS) is 11.1. The van der Waals surface area contributed by atoms with Gasteiger partial charge in [0.05, 0.1) is 0 Å². The van der Waals surface area contributed by atoms with Crippen LogP contribution in [-0.4, -0.2) is 9.97 Å². The minimum absolute atomic E-state index is 0. The van der Waals surface area contributed by atoms with E-state index in [1.807, 2.05) is 6.92 Å². The maximum Gasteiger partial charge on any atom is 0.126 e. The third-order valence-corrected chi connectivity index (χ3v) is 5.36. The van der Waals surface area contributed by atoms with Gasteiger partial charge in [0.1, 0.15) is 5.82 Å². The van der Waals surface area contributed by atoms with E-state index >= 15 is 0 Å². The van der Waals surface area contributed by atoms with Crippen LogP contribution in [0.1, 0.15) is 40.8 Å². The van der Waals surface area contributed by atoms with Crippen LogP contribution in [0.4, 0.5) is 5.82 Å². The lowest BCUT2D eigenvalue weighted by molar-refractivity contribution is 0.900. The Morgan fingerprint density at radius 1 is 0.667 bits per heavy atom. The predicted molar refractivity (Wildman–Crippen MR) is 128 cm³/mol. The molecule has 2 aromatic carbocycles. The van der Waals surface area contributed by atoms with Crippen molar-refractivity contribution in [3.63, 3.8) is 0 Å². The SMILES string of the molecule is Cc1cc(C)nc(CCc2ccc3cc(CNc4cc(C)cc(C)n4)ccc3c2)c1.[HH]. The van der Waals surface area contributed by atoms with Crippen LogP contribution in [0.25, 0.3) is 10.8 Å². The molecule has 0 saturated heterocycles. The zero-order valence-corrected chi connectivity index (χ0v) is 18.3. The Morgan fingerprint density at radius 3 is 2.00 bits per heavy atom. The lowest BCUT2D eigenvalue weighted by atomic mass is 10.0. The van der Waals surface area contributed by atoms with Crippen LogP contribution < -0.4 is 5.32 Å². The Labute approximate surface area is 180 Å². The minimum Gasteiger partial charge on any atom is -0.366 e. The Morgan fingerprint density at radius 2 is 1.30 bits per heavy atom. The molecule has 0 bridgehead atoms. The summed E-state index contributed by atoms with van der Waals surface area (Å²) in [4.78, 5) is 9.23. The number of anilines is 1. The molecule has 2 aromatic heterocycles. The average Bonchev–Trinajstić information content (AvgIpc) is 2.69. The van der Waals surface area contributed by atoms with Crippen molar-refractivity contribution < 1.29 is 1.43 Å². The highest BCUT2D eigenvalue weighted by molar-refractivity contribution is 5.83.